The van der Waals surface area contributed by atoms with Crippen LogP contribution in [0.3, 0.4) is 0 Å². The van der Waals surface area contributed by atoms with Gasteiger partial charge in [0, 0.05) is 9.75 Å². The Hall–Kier alpha value is -1.72. The van der Waals surface area contributed by atoms with Gasteiger partial charge in [-0.15, -0.1) is 11.3 Å². The molecule has 2 aromatic rings. The fraction of sp³-hybridized carbons (Fsp3) is 0.375. The van der Waals surface area contributed by atoms with Crippen molar-refractivity contribution in [3.63, 3.8) is 0 Å². The Morgan fingerprint density at radius 3 is 1.90 bits per heavy atom. The lowest BCUT2D eigenvalue weighted by molar-refractivity contribution is 0.218. The van der Waals surface area contributed by atoms with E-state index >= 15 is 0 Å². The number of aliphatic hydroxyl groups excluding tert-OH is 1. The molecular weight excluding hydrogens is 288 g/mol. The Balaban J connectivity index is 2.51. The molecule has 0 fully saturated rings. The van der Waals surface area contributed by atoms with Crippen LogP contribution < -0.4 is 14.2 Å². The summed E-state index contributed by atoms with van der Waals surface area (Å²) in [5.41, 5.74) is 1.62. The largest absolute Gasteiger partial charge is 0.493 e. The Labute approximate surface area is 128 Å². The topological polar surface area (TPSA) is 47.9 Å². The molecule has 1 aromatic heterocycles. The molecule has 0 bridgehead atoms. The van der Waals surface area contributed by atoms with Gasteiger partial charge in [0.1, 0.15) is 6.10 Å². The van der Waals surface area contributed by atoms with Crippen LogP contribution in [0.1, 0.15) is 27.0 Å². The highest BCUT2D eigenvalue weighted by Crippen LogP contribution is 2.41. The Morgan fingerprint density at radius 2 is 1.52 bits per heavy atom. The first-order chi connectivity index (χ1) is 10.0. The summed E-state index contributed by atoms with van der Waals surface area (Å²) in [6.45, 7) is 4.04. The first-order valence-electron chi connectivity index (χ1n) is 6.56. The minimum absolute atomic E-state index is 0.522. The maximum Gasteiger partial charge on any atom is 0.203 e. The zero-order chi connectivity index (χ0) is 15.6. The van der Waals surface area contributed by atoms with Crippen LogP contribution in [-0.4, -0.2) is 26.4 Å². The first kappa shape index (κ1) is 15.7. The highest BCUT2D eigenvalue weighted by atomic mass is 32.1. The Kier molecular flexibility index (Phi) is 4.75. The number of hydrogen-bond acceptors (Lipinski definition) is 5. The molecule has 0 spiro atoms. The van der Waals surface area contributed by atoms with Gasteiger partial charge in [0.15, 0.2) is 11.5 Å². The molecule has 1 unspecified atom stereocenters. The van der Waals surface area contributed by atoms with Crippen molar-refractivity contribution in [3.05, 3.63) is 39.1 Å². The van der Waals surface area contributed by atoms with Gasteiger partial charge in [-0.3, -0.25) is 0 Å². The van der Waals surface area contributed by atoms with Crippen LogP contribution in [0, 0.1) is 13.8 Å². The predicted octanol–water partition coefficient (Wildman–Crippen LogP) is 3.47. The first-order valence-corrected chi connectivity index (χ1v) is 7.38. The molecule has 4 nitrogen and oxygen atoms in total. The fourth-order valence-electron chi connectivity index (χ4n) is 2.36. The molecule has 0 saturated heterocycles. The fourth-order valence-corrected chi connectivity index (χ4v) is 3.32. The van der Waals surface area contributed by atoms with Gasteiger partial charge in [0.25, 0.3) is 0 Å². The molecule has 0 radical (unpaired) electrons. The smallest absolute Gasteiger partial charge is 0.203 e. The zero-order valence-corrected chi connectivity index (χ0v) is 13.7. The van der Waals surface area contributed by atoms with Crippen molar-refractivity contribution in [1.29, 1.82) is 0 Å². The van der Waals surface area contributed by atoms with E-state index in [1.807, 2.05) is 19.9 Å². The zero-order valence-electron chi connectivity index (χ0n) is 12.9. The summed E-state index contributed by atoms with van der Waals surface area (Å²) in [5.74, 6) is 1.60. The van der Waals surface area contributed by atoms with E-state index in [0.717, 1.165) is 10.4 Å². The van der Waals surface area contributed by atoms with Crippen molar-refractivity contribution < 1.29 is 19.3 Å². The molecule has 1 aromatic carbocycles. The van der Waals surface area contributed by atoms with E-state index in [1.165, 1.54) is 4.88 Å². The number of rotatable bonds is 5. The molecule has 2 rings (SSSR count). The molecule has 1 atom stereocenters. The van der Waals surface area contributed by atoms with Crippen molar-refractivity contribution in [2.45, 2.75) is 20.0 Å². The monoisotopic (exact) mass is 308 g/mol. The van der Waals surface area contributed by atoms with E-state index in [0.29, 0.717) is 22.8 Å². The maximum atomic E-state index is 10.6. The van der Waals surface area contributed by atoms with Crippen molar-refractivity contribution in [1.82, 2.24) is 0 Å². The van der Waals surface area contributed by atoms with Crippen LogP contribution in [0.2, 0.25) is 0 Å². The molecule has 114 valence electrons. The number of thiophene rings is 1. The second-order valence-corrected chi connectivity index (χ2v) is 6.19. The van der Waals surface area contributed by atoms with E-state index in [9.17, 15) is 5.11 Å². The van der Waals surface area contributed by atoms with Crippen molar-refractivity contribution in [2.75, 3.05) is 21.3 Å². The van der Waals surface area contributed by atoms with Crippen molar-refractivity contribution in [3.8, 4) is 17.2 Å². The molecule has 21 heavy (non-hydrogen) atoms. The number of ether oxygens (including phenoxy) is 3. The van der Waals surface area contributed by atoms with E-state index in [1.54, 1.807) is 44.8 Å². The Bertz CT molecular complexity index is 608. The second kappa shape index (κ2) is 6.37. The van der Waals surface area contributed by atoms with E-state index in [4.69, 9.17) is 14.2 Å². The summed E-state index contributed by atoms with van der Waals surface area (Å²) < 4.78 is 16.0. The third kappa shape index (κ3) is 2.99. The van der Waals surface area contributed by atoms with Gasteiger partial charge in [-0.25, -0.2) is 0 Å². The quantitative estimate of drug-likeness (QED) is 0.919. The lowest BCUT2D eigenvalue weighted by Crippen LogP contribution is -2.03. The number of aryl methyl sites for hydroxylation is 2. The van der Waals surface area contributed by atoms with Gasteiger partial charge in [0.2, 0.25) is 5.75 Å². The number of hydrogen-bond donors (Lipinski definition) is 1. The van der Waals surface area contributed by atoms with Gasteiger partial charge in [0.05, 0.1) is 21.3 Å². The summed E-state index contributed by atoms with van der Waals surface area (Å²) in [6.07, 6.45) is -0.719. The van der Waals surface area contributed by atoms with Gasteiger partial charge < -0.3 is 19.3 Å². The molecule has 1 heterocycles. The molecule has 0 amide bonds. The van der Waals surface area contributed by atoms with Gasteiger partial charge in [-0.2, -0.15) is 0 Å². The SMILES string of the molecule is COc1cc(C(O)c2cc(C)sc2C)cc(OC)c1OC. The van der Waals surface area contributed by atoms with Gasteiger partial charge in [-0.05, 0) is 43.2 Å². The Morgan fingerprint density at radius 1 is 0.952 bits per heavy atom. The molecule has 1 N–H and O–H groups in total. The van der Waals surface area contributed by atoms with E-state index in [-0.39, 0.29) is 0 Å². The molecule has 5 heteroatoms. The van der Waals surface area contributed by atoms with Crippen LogP contribution in [0.5, 0.6) is 17.2 Å². The van der Waals surface area contributed by atoms with Crippen molar-refractivity contribution in [2.24, 2.45) is 0 Å². The molecule has 0 aliphatic rings. The van der Waals surface area contributed by atoms with Crippen molar-refractivity contribution >= 4 is 11.3 Å². The molecular formula is C16H20O4S. The lowest BCUT2D eigenvalue weighted by Gasteiger charge is -2.17. The van der Waals surface area contributed by atoms with Crippen LogP contribution >= 0.6 is 11.3 Å². The van der Waals surface area contributed by atoms with Crippen LogP contribution in [0.25, 0.3) is 0 Å². The summed E-state index contributed by atoms with van der Waals surface area (Å²) >= 11 is 1.67. The van der Waals surface area contributed by atoms with Gasteiger partial charge in [-0.1, -0.05) is 0 Å². The van der Waals surface area contributed by atoms with E-state index in [2.05, 4.69) is 0 Å². The van der Waals surface area contributed by atoms with Crippen LogP contribution in [0.15, 0.2) is 18.2 Å². The van der Waals surface area contributed by atoms with Crippen LogP contribution in [0.4, 0.5) is 0 Å². The normalized spacial score (nSPS) is 12.1. The predicted molar refractivity (Wildman–Crippen MR) is 84.0 cm³/mol. The summed E-state index contributed by atoms with van der Waals surface area (Å²) in [4.78, 5) is 2.28. The summed E-state index contributed by atoms with van der Waals surface area (Å²) in [7, 11) is 4.68. The average molecular weight is 308 g/mol. The minimum Gasteiger partial charge on any atom is -0.493 e. The maximum absolute atomic E-state index is 10.6. The summed E-state index contributed by atoms with van der Waals surface area (Å²) in [6, 6.07) is 5.56. The third-order valence-corrected chi connectivity index (χ3v) is 4.36. The van der Waals surface area contributed by atoms with Gasteiger partial charge >= 0.3 is 0 Å². The number of aliphatic hydroxyl groups is 1. The highest BCUT2D eigenvalue weighted by molar-refractivity contribution is 7.12. The molecule has 0 aliphatic carbocycles. The second-order valence-electron chi connectivity index (χ2n) is 4.73. The van der Waals surface area contributed by atoms with E-state index < -0.39 is 6.10 Å². The molecule has 0 aliphatic heterocycles. The third-order valence-electron chi connectivity index (χ3n) is 3.38. The number of methoxy groups -OCH3 is 3. The summed E-state index contributed by atoms with van der Waals surface area (Å²) in [5, 5.41) is 10.6. The standard InChI is InChI=1S/C16H20O4S/c1-9-6-12(10(2)21-9)15(17)11-7-13(18-3)16(20-5)14(8-11)19-4/h6-8,15,17H,1-5H3. The average Bonchev–Trinajstić information content (AvgIpc) is 2.83. The molecule has 0 saturated carbocycles. The minimum atomic E-state index is -0.719. The lowest BCUT2D eigenvalue weighted by atomic mass is 10.0. The number of benzene rings is 1. The van der Waals surface area contributed by atoms with Crippen LogP contribution in [-0.2, 0) is 0 Å². The highest BCUT2D eigenvalue weighted by Gasteiger charge is 2.20.